The van der Waals surface area contributed by atoms with E-state index in [2.05, 4.69) is 32.0 Å². The van der Waals surface area contributed by atoms with Gasteiger partial charge in [0.05, 0.1) is 10.6 Å². The van der Waals surface area contributed by atoms with Crippen molar-refractivity contribution in [3.63, 3.8) is 0 Å². The lowest BCUT2D eigenvalue weighted by atomic mass is 10.1. The number of nitrogens with zero attached hydrogens (tertiary/aromatic N) is 2. The minimum atomic E-state index is 0.0186. The lowest BCUT2D eigenvalue weighted by Gasteiger charge is -2.15. The van der Waals surface area contributed by atoms with Gasteiger partial charge in [0.15, 0.2) is 5.17 Å². The molecule has 1 fully saturated rings. The van der Waals surface area contributed by atoms with Crippen LogP contribution in [0.1, 0.15) is 22.3 Å². The standard InChI is InChI=1S/C26H24N2OS/c1-19-12-14-23(15-13-19)27-26-28(17-16-21-9-4-3-5-10-21)25(29)24(30-26)18-22-11-7-6-8-20(22)2/h3-15,18H,16-17H2,1-2H3/b24-18+,27-26?. The van der Waals surface area contributed by atoms with E-state index in [9.17, 15) is 4.79 Å². The van der Waals surface area contributed by atoms with Crippen LogP contribution in [0.2, 0.25) is 0 Å². The Hall–Kier alpha value is -3.11. The summed E-state index contributed by atoms with van der Waals surface area (Å²) in [6, 6.07) is 26.4. The molecule has 0 unspecified atom stereocenters. The third kappa shape index (κ3) is 4.71. The Morgan fingerprint density at radius 2 is 1.60 bits per heavy atom. The van der Waals surface area contributed by atoms with Crippen LogP contribution in [0.3, 0.4) is 0 Å². The van der Waals surface area contributed by atoms with Crippen molar-refractivity contribution in [1.82, 2.24) is 4.90 Å². The molecule has 0 N–H and O–H groups in total. The van der Waals surface area contributed by atoms with Gasteiger partial charge < -0.3 is 0 Å². The average molecular weight is 413 g/mol. The number of aryl methyl sites for hydroxylation is 2. The second-order valence-electron chi connectivity index (χ2n) is 7.39. The van der Waals surface area contributed by atoms with Crippen molar-refractivity contribution in [1.29, 1.82) is 0 Å². The van der Waals surface area contributed by atoms with Gasteiger partial charge in [-0.2, -0.15) is 0 Å². The summed E-state index contributed by atoms with van der Waals surface area (Å²) in [5.41, 5.74) is 5.47. The van der Waals surface area contributed by atoms with Gasteiger partial charge in [-0.15, -0.1) is 0 Å². The van der Waals surface area contributed by atoms with Crippen molar-refractivity contribution >= 4 is 34.6 Å². The molecule has 1 aliphatic rings. The minimum absolute atomic E-state index is 0.0186. The van der Waals surface area contributed by atoms with Crippen LogP contribution in [0.5, 0.6) is 0 Å². The first-order valence-corrected chi connectivity index (χ1v) is 10.9. The molecule has 1 saturated heterocycles. The van der Waals surface area contributed by atoms with Crippen LogP contribution in [0, 0.1) is 13.8 Å². The molecule has 0 bridgehead atoms. The maximum absolute atomic E-state index is 13.3. The first-order chi connectivity index (χ1) is 14.6. The molecule has 0 spiro atoms. The molecular formula is C26H24N2OS. The van der Waals surface area contributed by atoms with E-state index in [0.717, 1.165) is 28.4 Å². The van der Waals surface area contributed by atoms with Crippen LogP contribution >= 0.6 is 11.8 Å². The van der Waals surface area contributed by atoms with Crippen molar-refractivity contribution in [2.45, 2.75) is 20.3 Å². The molecule has 0 aromatic heterocycles. The summed E-state index contributed by atoms with van der Waals surface area (Å²) in [6.07, 6.45) is 2.77. The molecule has 3 aromatic rings. The molecule has 30 heavy (non-hydrogen) atoms. The van der Waals surface area contributed by atoms with E-state index in [1.165, 1.54) is 22.9 Å². The molecule has 1 amide bonds. The lowest BCUT2D eigenvalue weighted by molar-refractivity contribution is -0.122. The van der Waals surface area contributed by atoms with Gasteiger partial charge in [-0.1, -0.05) is 72.3 Å². The Balaban J connectivity index is 1.65. The van der Waals surface area contributed by atoms with E-state index in [4.69, 9.17) is 4.99 Å². The van der Waals surface area contributed by atoms with E-state index < -0.39 is 0 Å². The van der Waals surface area contributed by atoms with Gasteiger partial charge in [0.2, 0.25) is 0 Å². The number of benzene rings is 3. The summed E-state index contributed by atoms with van der Waals surface area (Å²) in [4.78, 5) is 20.6. The maximum atomic E-state index is 13.3. The molecule has 3 aromatic carbocycles. The van der Waals surface area contributed by atoms with Gasteiger partial charge in [-0.25, -0.2) is 4.99 Å². The molecule has 0 atom stereocenters. The first-order valence-electron chi connectivity index (χ1n) is 10.1. The summed E-state index contributed by atoms with van der Waals surface area (Å²) in [5, 5.41) is 0.736. The molecule has 150 valence electrons. The zero-order valence-corrected chi connectivity index (χ0v) is 18.0. The normalized spacial score (nSPS) is 16.6. The SMILES string of the molecule is Cc1ccc(N=C2S/C(=C/c3ccccc3C)C(=O)N2CCc2ccccc2)cc1. The Morgan fingerprint density at radius 3 is 2.33 bits per heavy atom. The molecule has 0 aliphatic carbocycles. The number of thioether (sulfide) groups is 1. The molecule has 1 aliphatic heterocycles. The molecule has 0 saturated carbocycles. The number of aliphatic imine (C=N–C) groups is 1. The van der Waals surface area contributed by atoms with Gasteiger partial charge in [0.25, 0.3) is 5.91 Å². The fourth-order valence-electron chi connectivity index (χ4n) is 3.29. The lowest BCUT2D eigenvalue weighted by Crippen LogP contribution is -2.31. The molecular weight excluding hydrogens is 388 g/mol. The van der Waals surface area contributed by atoms with E-state index in [1.807, 2.05) is 71.6 Å². The second-order valence-corrected chi connectivity index (χ2v) is 8.40. The van der Waals surface area contributed by atoms with Gasteiger partial charge in [0.1, 0.15) is 0 Å². The van der Waals surface area contributed by atoms with Gasteiger partial charge >= 0.3 is 0 Å². The molecule has 1 heterocycles. The highest BCUT2D eigenvalue weighted by Gasteiger charge is 2.33. The summed E-state index contributed by atoms with van der Waals surface area (Å²) in [5.74, 6) is 0.0186. The fraction of sp³-hybridized carbons (Fsp3) is 0.154. The smallest absolute Gasteiger partial charge is 0.266 e. The Bertz CT molecular complexity index is 1100. The number of amidine groups is 1. The third-order valence-electron chi connectivity index (χ3n) is 5.09. The van der Waals surface area contributed by atoms with E-state index in [0.29, 0.717) is 11.4 Å². The van der Waals surface area contributed by atoms with Crippen LogP contribution in [0.15, 0.2) is 88.8 Å². The first kappa shape index (κ1) is 20.2. The number of carbonyl (C=O) groups is 1. The molecule has 3 nitrogen and oxygen atoms in total. The number of hydrogen-bond acceptors (Lipinski definition) is 3. The average Bonchev–Trinajstić information content (AvgIpc) is 3.05. The van der Waals surface area contributed by atoms with E-state index in [1.54, 1.807) is 0 Å². The Morgan fingerprint density at radius 1 is 0.900 bits per heavy atom. The second kappa shape index (κ2) is 9.14. The van der Waals surface area contributed by atoms with Gasteiger partial charge in [-0.3, -0.25) is 9.69 Å². The predicted molar refractivity (Wildman–Crippen MR) is 127 cm³/mol. The largest absolute Gasteiger partial charge is 0.286 e. The van der Waals surface area contributed by atoms with Crippen LogP contribution < -0.4 is 0 Å². The zero-order valence-electron chi connectivity index (χ0n) is 17.2. The number of carbonyl (C=O) groups excluding carboxylic acids is 1. The van der Waals surface area contributed by atoms with E-state index >= 15 is 0 Å². The number of hydrogen-bond donors (Lipinski definition) is 0. The van der Waals surface area contributed by atoms with Crippen LogP contribution in [0.4, 0.5) is 5.69 Å². The minimum Gasteiger partial charge on any atom is -0.286 e. The molecule has 0 radical (unpaired) electrons. The monoisotopic (exact) mass is 412 g/mol. The van der Waals surface area contributed by atoms with Crippen molar-refractivity contribution in [2.75, 3.05) is 6.54 Å². The van der Waals surface area contributed by atoms with Crippen molar-refractivity contribution in [2.24, 2.45) is 4.99 Å². The summed E-state index contributed by atoms with van der Waals surface area (Å²) in [6.45, 7) is 4.72. The fourth-order valence-corrected chi connectivity index (χ4v) is 4.31. The van der Waals surface area contributed by atoms with Gasteiger partial charge in [-0.05, 0) is 66.9 Å². The summed E-state index contributed by atoms with van der Waals surface area (Å²) in [7, 11) is 0. The highest BCUT2D eigenvalue weighted by molar-refractivity contribution is 8.18. The third-order valence-corrected chi connectivity index (χ3v) is 6.10. The maximum Gasteiger partial charge on any atom is 0.266 e. The quantitative estimate of drug-likeness (QED) is 0.471. The van der Waals surface area contributed by atoms with Crippen molar-refractivity contribution < 1.29 is 4.79 Å². The zero-order chi connectivity index (χ0) is 20.9. The van der Waals surface area contributed by atoms with Crippen molar-refractivity contribution in [3.05, 3.63) is 106 Å². The Kier molecular flexibility index (Phi) is 6.15. The number of amides is 1. The topological polar surface area (TPSA) is 32.7 Å². The molecule has 4 heteroatoms. The molecule has 4 rings (SSSR count). The Labute approximate surface area is 182 Å². The van der Waals surface area contributed by atoms with Gasteiger partial charge in [0, 0.05) is 6.54 Å². The van der Waals surface area contributed by atoms with Crippen LogP contribution in [-0.2, 0) is 11.2 Å². The highest BCUT2D eigenvalue weighted by atomic mass is 32.2. The number of rotatable bonds is 5. The van der Waals surface area contributed by atoms with E-state index in [-0.39, 0.29) is 5.91 Å². The predicted octanol–water partition coefficient (Wildman–Crippen LogP) is 6.15. The summed E-state index contributed by atoms with van der Waals surface area (Å²) >= 11 is 1.45. The summed E-state index contributed by atoms with van der Waals surface area (Å²) < 4.78 is 0. The van der Waals surface area contributed by atoms with Crippen LogP contribution in [-0.4, -0.2) is 22.5 Å². The highest BCUT2D eigenvalue weighted by Crippen LogP contribution is 2.34. The van der Waals surface area contributed by atoms with Crippen molar-refractivity contribution in [3.8, 4) is 0 Å². The van der Waals surface area contributed by atoms with Crippen LogP contribution in [0.25, 0.3) is 6.08 Å².